The molecule has 10 aromatic rings. The highest BCUT2D eigenvalue weighted by atomic mass is 15.2. The molecule has 0 fully saturated rings. The van der Waals surface area contributed by atoms with Crippen LogP contribution in [0.3, 0.4) is 0 Å². The van der Waals surface area contributed by atoms with E-state index in [1.807, 2.05) is 0 Å². The Hall–Kier alpha value is -7.82. The van der Waals surface area contributed by atoms with Gasteiger partial charge in [0, 0.05) is 67.6 Å². The van der Waals surface area contributed by atoms with E-state index >= 15 is 0 Å². The summed E-state index contributed by atoms with van der Waals surface area (Å²) in [5.74, 6) is 0. The van der Waals surface area contributed by atoms with Crippen LogP contribution in [0.2, 0.25) is 0 Å². The topological polar surface area (TPSA) is 14.7 Å². The molecule has 0 radical (unpaired) electrons. The van der Waals surface area contributed by atoms with Gasteiger partial charge in [-0.2, -0.15) is 0 Å². The fraction of sp³-hybridized carbons (Fsp3) is 0. The summed E-state index contributed by atoms with van der Waals surface area (Å²) in [6.07, 6.45) is 0. The van der Waals surface area contributed by atoms with Crippen LogP contribution in [0.25, 0.3) is 27.5 Å². The number of para-hydroxylation sites is 6. The van der Waals surface area contributed by atoms with Crippen LogP contribution < -0.4 is 14.7 Å². The van der Waals surface area contributed by atoms with Gasteiger partial charge >= 0.3 is 0 Å². The molecule has 9 aromatic carbocycles. The summed E-state index contributed by atoms with van der Waals surface area (Å²) in [6, 6.07) is 86.3. The van der Waals surface area contributed by atoms with Crippen molar-refractivity contribution in [2.24, 2.45) is 0 Å². The van der Waals surface area contributed by atoms with Gasteiger partial charge in [0.1, 0.15) is 0 Å². The van der Waals surface area contributed by atoms with E-state index in [2.05, 4.69) is 262 Å². The first-order valence-electron chi connectivity index (χ1n) is 19.7. The molecule has 0 aliphatic carbocycles. The molecule has 0 N–H and O–H groups in total. The first-order chi connectivity index (χ1) is 28.8. The quantitative estimate of drug-likeness (QED) is 0.139. The molecule has 0 saturated heterocycles. The zero-order chi connectivity index (χ0) is 38.7. The Morgan fingerprint density at radius 3 is 0.759 bits per heavy atom. The van der Waals surface area contributed by atoms with E-state index in [0.29, 0.717) is 0 Å². The van der Waals surface area contributed by atoms with Gasteiger partial charge in [-0.05, 0) is 133 Å². The van der Waals surface area contributed by atoms with Crippen molar-refractivity contribution in [2.75, 3.05) is 14.7 Å². The molecule has 10 rings (SSSR count). The Kier molecular flexibility index (Phi) is 9.18. The summed E-state index contributed by atoms with van der Waals surface area (Å²) in [4.78, 5) is 6.98. The second-order valence-corrected chi connectivity index (χ2v) is 14.3. The first kappa shape index (κ1) is 34.7. The van der Waals surface area contributed by atoms with Crippen LogP contribution in [-0.2, 0) is 0 Å². The predicted molar refractivity (Wildman–Crippen MR) is 245 cm³/mol. The summed E-state index contributed by atoms with van der Waals surface area (Å²) in [6.45, 7) is 0. The highest BCUT2D eigenvalue weighted by Crippen LogP contribution is 2.43. The minimum Gasteiger partial charge on any atom is -0.311 e. The average molecular weight is 745 g/mol. The Morgan fingerprint density at radius 1 is 0.224 bits per heavy atom. The molecular weight excluding hydrogens is 705 g/mol. The third-order valence-corrected chi connectivity index (χ3v) is 10.7. The smallest absolute Gasteiger partial charge is 0.0542 e. The van der Waals surface area contributed by atoms with Crippen LogP contribution in [-0.4, -0.2) is 4.57 Å². The Bertz CT molecular complexity index is 2660. The fourth-order valence-electron chi connectivity index (χ4n) is 8.11. The normalized spacial score (nSPS) is 11.1. The van der Waals surface area contributed by atoms with E-state index in [1.165, 1.54) is 10.8 Å². The number of hydrogen-bond donors (Lipinski definition) is 0. The van der Waals surface area contributed by atoms with Crippen molar-refractivity contribution in [3.8, 4) is 5.69 Å². The predicted octanol–water partition coefficient (Wildman–Crippen LogP) is 15.2. The molecule has 0 unspecified atom stereocenters. The van der Waals surface area contributed by atoms with Crippen LogP contribution in [0, 0.1) is 0 Å². The average Bonchev–Trinajstić information content (AvgIpc) is 3.62. The van der Waals surface area contributed by atoms with Crippen molar-refractivity contribution in [2.45, 2.75) is 0 Å². The fourth-order valence-corrected chi connectivity index (χ4v) is 8.11. The number of benzene rings is 9. The molecule has 0 aliphatic heterocycles. The molecule has 0 saturated carbocycles. The highest BCUT2D eigenvalue weighted by molar-refractivity contribution is 6.12. The molecule has 58 heavy (non-hydrogen) atoms. The summed E-state index contributed by atoms with van der Waals surface area (Å²) in [5, 5.41) is 2.35. The molecule has 0 spiro atoms. The van der Waals surface area contributed by atoms with E-state index in [-0.39, 0.29) is 0 Å². The van der Waals surface area contributed by atoms with Gasteiger partial charge in [0.2, 0.25) is 0 Å². The van der Waals surface area contributed by atoms with E-state index in [9.17, 15) is 0 Å². The van der Waals surface area contributed by atoms with Crippen molar-refractivity contribution in [3.63, 3.8) is 0 Å². The summed E-state index contributed by atoms with van der Waals surface area (Å²) >= 11 is 0. The number of nitrogens with zero attached hydrogens (tertiary/aromatic N) is 4. The van der Waals surface area contributed by atoms with Gasteiger partial charge in [-0.25, -0.2) is 0 Å². The number of hydrogen-bond acceptors (Lipinski definition) is 3. The maximum absolute atomic E-state index is 2.40. The van der Waals surface area contributed by atoms with Crippen molar-refractivity contribution < 1.29 is 0 Å². The molecule has 1 heterocycles. The van der Waals surface area contributed by atoms with E-state index in [4.69, 9.17) is 0 Å². The first-order valence-corrected chi connectivity index (χ1v) is 19.7. The zero-order valence-corrected chi connectivity index (χ0v) is 31.9. The standard InChI is InChI=1S/C54H40N4/c1-7-19-41(20-8-1)55(42-21-9-2-10-22-42)47-31-33-48(34-32-47)58-53-37-35-49(56(43-23-11-3-12-24-43)44-25-13-4-14-26-44)39-51(53)52-40-50(36-38-54(52)58)57(45-27-15-5-16-28-45)46-29-17-6-18-30-46/h1-40H. The number of rotatable bonds is 10. The van der Waals surface area contributed by atoms with Crippen molar-refractivity contribution in [1.82, 2.24) is 4.57 Å². The number of anilines is 9. The summed E-state index contributed by atoms with van der Waals surface area (Å²) in [7, 11) is 0. The molecule has 0 atom stereocenters. The van der Waals surface area contributed by atoms with Crippen molar-refractivity contribution in [1.29, 1.82) is 0 Å². The van der Waals surface area contributed by atoms with Gasteiger partial charge in [-0.15, -0.1) is 0 Å². The van der Waals surface area contributed by atoms with Gasteiger partial charge in [-0.1, -0.05) is 109 Å². The van der Waals surface area contributed by atoms with E-state index in [0.717, 1.165) is 67.9 Å². The molecule has 0 bridgehead atoms. The van der Waals surface area contributed by atoms with Crippen LogP contribution in [0.15, 0.2) is 243 Å². The highest BCUT2D eigenvalue weighted by Gasteiger charge is 2.20. The summed E-state index contributed by atoms with van der Waals surface area (Å²) < 4.78 is 2.40. The van der Waals surface area contributed by atoms with Crippen LogP contribution in [0.4, 0.5) is 51.2 Å². The van der Waals surface area contributed by atoms with Gasteiger partial charge < -0.3 is 19.3 Å². The van der Waals surface area contributed by atoms with Crippen LogP contribution in [0.5, 0.6) is 0 Å². The maximum Gasteiger partial charge on any atom is 0.0542 e. The van der Waals surface area contributed by atoms with E-state index < -0.39 is 0 Å². The number of aromatic nitrogens is 1. The third kappa shape index (κ3) is 6.53. The second-order valence-electron chi connectivity index (χ2n) is 14.3. The zero-order valence-electron chi connectivity index (χ0n) is 31.9. The second kappa shape index (κ2) is 15.4. The molecule has 0 amide bonds. The Balaban J connectivity index is 1.17. The largest absolute Gasteiger partial charge is 0.311 e. The van der Waals surface area contributed by atoms with Crippen LogP contribution >= 0.6 is 0 Å². The van der Waals surface area contributed by atoms with Crippen molar-refractivity contribution in [3.05, 3.63) is 243 Å². The molecule has 4 nitrogen and oxygen atoms in total. The summed E-state index contributed by atoms with van der Waals surface area (Å²) in [5.41, 5.74) is 13.3. The Labute approximate surface area is 339 Å². The SMILES string of the molecule is c1ccc(N(c2ccccc2)c2ccc(-n3c4ccc(N(c5ccccc5)c5ccccc5)cc4c4cc(N(c5ccccc5)c5ccccc5)ccc43)cc2)cc1. The molecule has 276 valence electrons. The number of fused-ring (bicyclic) bond motifs is 3. The third-order valence-electron chi connectivity index (χ3n) is 10.7. The minimum atomic E-state index is 1.09. The lowest BCUT2D eigenvalue weighted by Gasteiger charge is -2.26. The maximum atomic E-state index is 2.40. The lowest BCUT2D eigenvalue weighted by molar-refractivity contribution is 1.17. The Morgan fingerprint density at radius 2 is 0.466 bits per heavy atom. The lowest BCUT2D eigenvalue weighted by atomic mass is 10.1. The molecule has 0 aliphatic rings. The lowest BCUT2D eigenvalue weighted by Crippen LogP contribution is -2.10. The molecular formula is C54H40N4. The van der Waals surface area contributed by atoms with Gasteiger partial charge in [0.25, 0.3) is 0 Å². The molecule has 4 heteroatoms. The van der Waals surface area contributed by atoms with Crippen LogP contribution in [0.1, 0.15) is 0 Å². The van der Waals surface area contributed by atoms with Gasteiger partial charge in [0.05, 0.1) is 11.0 Å². The van der Waals surface area contributed by atoms with Gasteiger partial charge in [-0.3, -0.25) is 0 Å². The molecule has 1 aromatic heterocycles. The van der Waals surface area contributed by atoms with E-state index in [1.54, 1.807) is 0 Å². The minimum absolute atomic E-state index is 1.09. The van der Waals surface area contributed by atoms with Gasteiger partial charge in [0.15, 0.2) is 0 Å². The monoisotopic (exact) mass is 744 g/mol. The van der Waals surface area contributed by atoms with Crippen molar-refractivity contribution >= 4 is 73.0 Å².